The molecule has 0 bridgehead atoms. The molecule has 2 aromatic rings. The molecule has 2 aliphatic carbocycles. The molecule has 2 aromatic carbocycles. The molecule has 1 N–H and O–H groups in total. The lowest BCUT2D eigenvalue weighted by Crippen LogP contribution is -2.46. The number of carboxylic acid groups (broad SMARTS) is 1. The molecule has 0 radical (unpaired) electrons. The number of aliphatic carboxylic acids is 1. The van der Waals surface area contributed by atoms with Crippen LogP contribution >= 0.6 is 0 Å². The summed E-state index contributed by atoms with van der Waals surface area (Å²) in [5.74, 6) is -0.0689. The minimum absolute atomic E-state index is 0.0618. The highest BCUT2D eigenvalue weighted by Gasteiger charge is 2.47. The summed E-state index contributed by atoms with van der Waals surface area (Å²) in [5, 5.41) is 9.30. The molecule has 6 atom stereocenters. The summed E-state index contributed by atoms with van der Waals surface area (Å²) < 4.78 is 26.8. The average Bonchev–Trinajstić information content (AvgIpc) is 3.46. The standard InChI is InChI=1S/C45H68O7Si/c1-45(2,3)53(4,5)52-39(35-20-12-9-13-21-35)30-29-38-37(22-14-6-7-15-23-42(46)47)41(32-40(38)50-43-24-16-17-31-49-43)51-44(48)36-27-25-34(26-28-36)33-18-10-8-11-19-33/h8,10-11,18-19,25-28,35,37-41,43H,6-7,9,12-17,20-24,29-32H2,1-5H3,(H,46,47)/t37-,38-,39-,40?,41+,43?/m1/s1. The van der Waals surface area contributed by atoms with Gasteiger partial charge in [-0.15, -0.1) is 0 Å². The topological polar surface area (TPSA) is 91.3 Å². The third-order valence-electron chi connectivity index (χ3n) is 12.8. The number of hydrogen-bond acceptors (Lipinski definition) is 6. The quantitative estimate of drug-likeness (QED) is 0.0922. The van der Waals surface area contributed by atoms with Crippen molar-refractivity contribution in [3.63, 3.8) is 0 Å². The van der Waals surface area contributed by atoms with E-state index in [-0.39, 0.29) is 53.9 Å². The zero-order valence-corrected chi connectivity index (χ0v) is 34.4. The maximum atomic E-state index is 13.8. The Morgan fingerprint density at radius 1 is 0.811 bits per heavy atom. The first-order valence-electron chi connectivity index (χ1n) is 20.9. The van der Waals surface area contributed by atoms with Crippen LogP contribution in [0.4, 0.5) is 0 Å². The maximum Gasteiger partial charge on any atom is 0.338 e. The number of carboxylic acids is 1. The van der Waals surface area contributed by atoms with Crippen molar-refractivity contribution in [3.8, 4) is 11.1 Å². The fourth-order valence-corrected chi connectivity index (χ4v) is 10.1. The van der Waals surface area contributed by atoms with Gasteiger partial charge in [-0.05, 0) is 111 Å². The molecule has 0 spiro atoms. The minimum Gasteiger partial charge on any atom is -0.481 e. The monoisotopic (exact) mass is 748 g/mol. The zero-order valence-electron chi connectivity index (χ0n) is 33.4. The van der Waals surface area contributed by atoms with Gasteiger partial charge in [0.25, 0.3) is 0 Å². The Morgan fingerprint density at radius 3 is 2.13 bits per heavy atom. The summed E-state index contributed by atoms with van der Waals surface area (Å²) in [4.78, 5) is 25.0. The normalized spacial score (nSPS) is 24.9. The van der Waals surface area contributed by atoms with Gasteiger partial charge in [0, 0.05) is 31.5 Å². The molecule has 294 valence electrons. The van der Waals surface area contributed by atoms with Gasteiger partial charge in [-0.25, -0.2) is 4.79 Å². The number of ether oxygens (including phenoxy) is 3. The first-order valence-corrected chi connectivity index (χ1v) is 23.9. The van der Waals surface area contributed by atoms with E-state index < -0.39 is 14.3 Å². The van der Waals surface area contributed by atoms with Gasteiger partial charge in [-0.2, -0.15) is 0 Å². The third kappa shape index (κ3) is 12.2. The van der Waals surface area contributed by atoms with Gasteiger partial charge >= 0.3 is 11.9 Å². The second-order valence-corrected chi connectivity index (χ2v) is 22.4. The average molecular weight is 749 g/mol. The third-order valence-corrected chi connectivity index (χ3v) is 17.3. The highest BCUT2D eigenvalue weighted by atomic mass is 28.4. The molecule has 0 amide bonds. The molecule has 1 aliphatic heterocycles. The van der Waals surface area contributed by atoms with Gasteiger partial charge in [-0.3, -0.25) is 4.79 Å². The summed E-state index contributed by atoms with van der Waals surface area (Å²) in [6, 6.07) is 18.0. The Bertz CT molecular complexity index is 1390. The van der Waals surface area contributed by atoms with E-state index in [9.17, 15) is 9.59 Å². The van der Waals surface area contributed by atoms with E-state index in [1.54, 1.807) is 0 Å². The number of benzene rings is 2. The van der Waals surface area contributed by atoms with Crippen LogP contribution in [0.15, 0.2) is 54.6 Å². The van der Waals surface area contributed by atoms with Gasteiger partial charge in [-0.1, -0.05) is 102 Å². The van der Waals surface area contributed by atoms with E-state index in [2.05, 4.69) is 46.0 Å². The zero-order chi connectivity index (χ0) is 37.8. The van der Waals surface area contributed by atoms with Crippen LogP contribution in [0.5, 0.6) is 0 Å². The molecule has 53 heavy (non-hydrogen) atoms. The molecular weight excluding hydrogens is 681 g/mol. The molecule has 2 unspecified atom stereocenters. The molecule has 1 heterocycles. The van der Waals surface area contributed by atoms with Crippen molar-refractivity contribution in [2.24, 2.45) is 17.8 Å². The van der Waals surface area contributed by atoms with Crippen molar-refractivity contribution in [2.45, 2.75) is 173 Å². The van der Waals surface area contributed by atoms with Crippen LogP contribution in [-0.2, 0) is 23.4 Å². The summed E-state index contributed by atoms with van der Waals surface area (Å²) >= 11 is 0. The minimum atomic E-state index is -2.00. The van der Waals surface area contributed by atoms with Gasteiger partial charge in [0.2, 0.25) is 0 Å². The lowest BCUT2D eigenvalue weighted by atomic mass is 9.80. The highest BCUT2D eigenvalue weighted by molar-refractivity contribution is 6.74. The highest BCUT2D eigenvalue weighted by Crippen LogP contribution is 2.46. The largest absolute Gasteiger partial charge is 0.481 e. The van der Waals surface area contributed by atoms with E-state index in [1.807, 2.05) is 42.5 Å². The van der Waals surface area contributed by atoms with Gasteiger partial charge in [0.05, 0.1) is 11.7 Å². The molecule has 7 nitrogen and oxygen atoms in total. The van der Waals surface area contributed by atoms with Crippen LogP contribution in [0.25, 0.3) is 11.1 Å². The Kier molecular flexibility index (Phi) is 15.6. The number of rotatable bonds is 18. The van der Waals surface area contributed by atoms with Crippen molar-refractivity contribution in [2.75, 3.05) is 6.61 Å². The van der Waals surface area contributed by atoms with E-state index in [1.165, 1.54) is 32.1 Å². The number of unbranched alkanes of at least 4 members (excludes halogenated alkanes) is 3. The maximum absolute atomic E-state index is 13.8. The molecule has 3 aliphatic rings. The van der Waals surface area contributed by atoms with Crippen LogP contribution in [0.3, 0.4) is 0 Å². The summed E-state index contributed by atoms with van der Waals surface area (Å²) in [7, 11) is -2.00. The SMILES string of the molecule is CC(C)(C)[Si](C)(C)O[C@H](CC[C@H]1C(OC2CCCCO2)C[C@H](OC(=O)c2ccc(-c3ccccc3)cc2)[C@@H]1CCCCCCC(=O)O)C1CCCCC1. The van der Waals surface area contributed by atoms with E-state index in [0.29, 0.717) is 24.3 Å². The predicted octanol–water partition coefficient (Wildman–Crippen LogP) is 11.6. The fraction of sp³-hybridized carbons (Fsp3) is 0.689. The van der Waals surface area contributed by atoms with Crippen molar-refractivity contribution >= 4 is 20.3 Å². The van der Waals surface area contributed by atoms with Crippen molar-refractivity contribution < 1.29 is 33.3 Å². The molecule has 1 saturated heterocycles. The van der Waals surface area contributed by atoms with Crippen LogP contribution < -0.4 is 0 Å². The number of carbonyl (C=O) groups is 2. The van der Waals surface area contributed by atoms with E-state index >= 15 is 0 Å². The van der Waals surface area contributed by atoms with Crippen LogP contribution in [0.1, 0.15) is 140 Å². The Labute approximate surface area is 321 Å². The lowest BCUT2D eigenvalue weighted by Gasteiger charge is -2.43. The van der Waals surface area contributed by atoms with E-state index in [4.69, 9.17) is 23.7 Å². The lowest BCUT2D eigenvalue weighted by molar-refractivity contribution is -0.196. The number of carbonyl (C=O) groups excluding carboxylic acids is 1. The van der Waals surface area contributed by atoms with Crippen LogP contribution in [-0.4, -0.2) is 56.6 Å². The molecule has 3 fully saturated rings. The second kappa shape index (κ2) is 19.9. The van der Waals surface area contributed by atoms with Gasteiger partial charge < -0.3 is 23.7 Å². The summed E-state index contributed by atoms with van der Waals surface area (Å²) in [6.07, 6.45) is 16.4. The van der Waals surface area contributed by atoms with Gasteiger partial charge in [0.1, 0.15) is 6.10 Å². The molecule has 5 rings (SSSR count). The Balaban J connectivity index is 1.36. The Hall–Kier alpha value is -2.52. The number of esters is 1. The van der Waals surface area contributed by atoms with Crippen molar-refractivity contribution in [3.05, 3.63) is 60.2 Å². The van der Waals surface area contributed by atoms with Crippen LogP contribution in [0, 0.1) is 17.8 Å². The predicted molar refractivity (Wildman–Crippen MR) is 214 cm³/mol. The molecule has 2 saturated carbocycles. The summed E-state index contributed by atoms with van der Waals surface area (Å²) in [5.41, 5.74) is 2.74. The van der Waals surface area contributed by atoms with Crippen molar-refractivity contribution in [1.82, 2.24) is 0 Å². The molecule has 0 aromatic heterocycles. The van der Waals surface area contributed by atoms with Crippen molar-refractivity contribution in [1.29, 1.82) is 0 Å². The fourth-order valence-electron chi connectivity index (χ4n) is 8.69. The number of hydrogen-bond donors (Lipinski definition) is 1. The van der Waals surface area contributed by atoms with E-state index in [0.717, 1.165) is 75.5 Å². The Morgan fingerprint density at radius 2 is 1.47 bits per heavy atom. The van der Waals surface area contributed by atoms with Gasteiger partial charge in [0.15, 0.2) is 14.6 Å². The first-order chi connectivity index (χ1) is 25.4. The molecular formula is C45H68O7Si. The second-order valence-electron chi connectivity index (χ2n) is 17.7. The van der Waals surface area contributed by atoms with Crippen LogP contribution in [0.2, 0.25) is 18.1 Å². The molecule has 8 heteroatoms. The summed E-state index contributed by atoms with van der Waals surface area (Å²) in [6.45, 7) is 12.5. The first kappa shape index (κ1) is 41.6. The smallest absolute Gasteiger partial charge is 0.338 e.